The van der Waals surface area contributed by atoms with Gasteiger partial charge in [-0.1, -0.05) is 6.92 Å². The molecule has 0 saturated carbocycles. The summed E-state index contributed by atoms with van der Waals surface area (Å²) in [5.41, 5.74) is 2.55. The second-order valence-electron chi connectivity index (χ2n) is 32.1. The summed E-state index contributed by atoms with van der Waals surface area (Å²) in [6.07, 6.45) is 6.47. The van der Waals surface area contributed by atoms with E-state index in [0.29, 0.717) is 233 Å². The topological polar surface area (TPSA) is 408 Å². The van der Waals surface area contributed by atoms with Crippen molar-refractivity contribution in [3.63, 3.8) is 0 Å². The third-order valence-electron chi connectivity index (χ3n) is 25.1. The predicted octanol–water partition coefficient (Wildman–Crippen LogP) is 4.47. The average Bonchev–Trinajstić information content (AvgIpc) is 0.749. The van der Waals surface area contributed by atoms with Crippen LogP contribution in [-0.4, -0.2) is 309 Å². The van der Waals surface area contributed by atoms with Crippen LogP contribution in [0.3, 0.4) is 0 Å². The van der Waals surface area contributed by atoms with E-state index < -0.39 is 45.6 Å². The van der Waals surface area contributed by atoms with Crippen LogP contribution in [0.4, 0.5) is 22.7 Å². The third kappa shape index (κ3) is 13.6. The van der Waals surface area contributed by atoms with Crippen molar-refractivity contribution in [2.24, 2.45) is 0 Å². The molecule has 4 unspecified atom stereocenters. The number of hydrogen-bond donors (Lipinski definition) is 8. The van der Waals surface area contributed by atoms with Gasteiger partial charge in [-0.2, -0.15) is 4.73 Å². The molecule has 4 atom stereocenters. The average molecular weight is 1620 g/mol. The van der Waals surface area contributed by atoms with Gasteiger partial charge in [-0.25, -0.2) is 19.2 Å². The summed E-state index contributed by atoms with van der Waals surface area (Å²) in [6.45, 7) is 19.3. The molecule has 0 aliphatic carbocycles. The number of hydrogen-bond acceptors (Lipinski definition) is 20. The number of ether oxygens (including phenoxy) is 3. The fraction of sp³-hybridized carbons (Fsp3) is 0.463. The molecule has 0 bridgehead atoms. The van der Waals surface area contributed by atoms with Crippen molar-refractivity contribution in [3.8, 4) is 17.2 Å². The van der Waals surface area contributed by atoms with Crippen LogP contribution in [0, 0.1) is 21.6 Å². The first-order valence-corrected chi connectivity index (χ1v) is 40.5. The van der Waals surface area contributed by atoms with E-state index in [9.17, 15) is 80.4 Å². The van der Waals surface area contributed by atoms with Crippen molar-refractivity contribution in [2.75, 3.05) is 203 Å². The summed E-state index contributed by atoms with van der Waals surface area (Å²) >= 11 is 0. The first-order valence-electron chi connectivity index (χ1n) is 40.5. The molecule has 5 fully saturated rings. The molecule has 17 rings (SSSR count). The first-order chi connectivity index (χ1) is 56.8. The normalized spacial score (nSPS) is 20.6. The van der Waals surface area contributed by atoms with Gasteiger partial charge < -0.3 is 112 Å². The van der Waals surface area contributed by atoms with E-state index in [-0.39, 0.29) is 94.3 Å². The second-order valence-corrected chi connectivity index (χ2v) is 32.1. The number of pyridine rings is 4. The van der Waals surface area contributed by atoms with E-state index in [1.165, 1.54) is 29.5 Å². The van der Waals surface area contributed by atoms with Gasteiger partial charge in [0.1, 0.15) is 48.7 Å². The molecule has 5 saturated heterocycles. The van der Waals surface area contributed by atoms with E-state index in [2.05, 4.69) is 58.8 Å². The van der Waals surface area contributed by atoms with Crippen molar-refractivity contribution < 1.29 is 58.7 Å². The van der Waals surface area contributed by atoms with Crippen LogP contribution in [0.15, 0.2) is 92.5 Å². The quantitative estimate of drug-likeness (QED) is 0.0768. The molecule has 4 aromatic carbocycles. The van der Waals surface area contributed by atoms with Gasteiger partial charge in [0.25, 0.3) is 0 Å². The van der Waals surface area contributed by atoms with Gasteiger partial charge in [0.15, 0.2) is 41.1 Å². The highest BCUT2D eigenvalue weighted by Crippen LogP contribution is 2.45. The Morgan fingerprint density at radius 1 is 0.322 bits per heavy atom. The van der Waals surface area contributed by atoms with Crippen molar-refractivity contribution in [1.82, 2.24) is 57.6 Å². The Balaban J connectivity index is 0.652. The first kappa shape index (κ1) is 77.6. The number of piperazine rings is 4. The van der Waals surface area contributed by atoms with Crippen molar-refractivity contribution in [3.05, 3.63) is 142 Å². The summed E-state index contributed by atoms with van der Waals surface area (Å²) in [5.74, 6) is -2.66. The molecule has 36 nitrogen and oxygen atoms in total. The van der Waals surface area contributed by atoms with Crippen LogP contribution in [0.25, 0.3) is 43.6 Å². The largest absolute Gasteiger partial charge is 0.487 e. The van der Waals surface area contributed by atoms with Crippen molar-refractivity contribution in [2.45, 2.75) is 64.6 Å². The van der Waals surface area contributed by atoms with Gasteiger partial charge >= 0.3 is 23.9 Å². The molecule has 118 heavy (non-hydrogen) atoms. The highest BCUT2D eigenvalue weighted by atomic mass is 16.7. The Hall–Kier alpha value is -12.9. The number of nitrogens with one attached hydrogen (secondary N) is 4. The van der Waals surface area contributed by atoms with Crippen LogP contribution < -0.4 is 60.4 Å². The number of carbonyl (C=O) groups is 4. The Labute approximate surface area is 676 Å². The van der Waals surface area contributed by atoms with Gasteiger partial charge in [0.05, 0.1) is 85.0 Å². The van der Waals surface area contributed by atoms with E-state index in [1.807, 2.05) is 65.7 Å². The molecule has 0 amide bonds. The lowest BCUT2D eigenvalue weighted by molar-refractivity contribution is 0.0673. The molecule has 8 aromatic rings. The number of aromatic nitrogens is 4. The fourth-order valence-corrected chi connectivity index (χ4v) is 18.6. The molecule has 620 valence electrons. The highest BCUT2D eigenvalue weighted by molar-refractivity contribution is 6.01. The van der Waals surface area contributed by atoms with Crippen LogP contribution >= 0.6 is 0 Å². The van der Waals surface area contributed by atoms with Crippen LogP contribution in [-0.2, 0) is 0 Å². The van der Waals surface area contributed by atoms with Crippen LogP contribution in [0.2, 0.25) is 0 Å². The maximum atomic E-state index is 13.6. The number of guanidine groups is 4. The lowest BCUT2D eigenvalue weighted by Gasteiger charge is -2.44. The minimum atomic E-state index is -1.34. The van der Waals surface area contributed by atoms with Gasteiger partial charge in [-0.05, 0) is 82.1 Å². The minimum Gasteiger partial charge on any atom is -0.487 e. The predicted molar refractivity (Wildman–Crippen MR) is 443 cm³/mol. The molecule has 36 heteroatoms. The molecule has 9 aliphatic rings. The summed E-state index contributed by atoms with van der Waals surface area (Å²) < 4.78 is 26.1. The Morgan fingerprint density at radius 3 is 0.856 bits per heavy atom. The van der Waals surface area contributed by atoms with E-state index in [1.54, 1.807) is 24.3 Å². The zero-order chi connectivity index (χ0) is 82.5. The third-order valence-corrected chi connectivity index (χ3v) is 25.1. The number of nitrogens with zero attached hydrogens (tertiary/aromatic N) is 16. The van der Waals surface area contributed by atoms with Crippen molar-refractivity contribution >= 4 is 114 Å². The Kier molecular flexibility index (Phi) is 20.4. The lowest BCUT2D eigenvalue weighted by Crippen LogP contribution is -2.58. The number of benzene rings is 4. The van der Waals surface area contributed by atoms with Crippen molar-refractivity contribution in [1.29, 1.82) is 21.6 Å². The minimum absolute atomic E-state index is 0.132. The van der Waals surface area contributed by atoms with E-state index in [4.69, 9.17) is 19.0 Å². The fourth-order valence-electron chi connectivity index (χ4n) is 18.6. The number of rotatable bonds is 8. The number of aromatic carboxylic acids is 4. The van der Waals surface area contributed by atoms with Gasteiger partial charge in [-0.3, -0.25) is 40.8 Å². The number of carboxylic acids is 4. The molecule has 4 aromatic heterocycles. The Bertz CT molecular complexity index is 5750. The van der Waals surface area contributed by atoms with Gasteiger partial charge in [-0.15, -0.1) is 0 Å². The lowest BCUT2D eigenvalue weighted by atomic mass is 9.94. The van der Waals surface area contributed by atoms with Gasteiger partial charge in [0.2, 0.25) is 21.7 Å². The standard InChI is InChI=1S/C82H96N20O16/c1-47-43-118-102-42-58(78(113)114)68(103)51-7-11-59(63(47)64(51)102)87-19-27-95(28-20-87)79(83)91-15-5-16-93(81(85)97-31-23-89(24-32-97)61-13-9-53-66-73(61)116-45-49(3)100(66)40-56(70(53)105)76(109)110)37-38-94(82(86)98-33-25-90(26-34-98)62-14-10-54-67-74(62)117-46-50(4)101(67)41-57(71(54)106)77(111)112)18-6-17-92(36-35-91)80(84)96-29-21-88(22-30-96)60-12-8-52-65-72(60)115-44-48(2)99(65)39-55(69(52)104)75(107)108/h7-14,39-42,47-50,83-86H,5-6,15-38,43-46H2,1-4H3,(H,107,108)(H,109,110)(H,111,112)(H,113,114). The molecule has 9 aliphatic heterocycles. The molecule has 8 N–H and O–H groups in total. The summed E-state index contributed by atoms with van der Waals surface area (Å²) in [5, 5.41) is 81.9. The number of carboxylic acid groups (broad SMARTS) is 4. The maximum Gasteiger partial charge on any atom is 0.341 e. The SMILES string of the molecule is CC1COn2cc(C(=O)O)c(=O)c3ccc(N4CCN(C(=N)N5CCCN(C(=N)N6CCN(c7ccc8c(=O)c(C(=O)O)cn9c8c7OCC9C)CC6)CCN(C(=N)N6CCN(c7ccc8c(=O)c(C(=O)O)cn9c8c7OCC9C)CC6)CCCN(C(=N)N6CCN(c7ccc8c(=O)c(C(=O)O)cn9c8c7OCC9C)CC6)CC5)CC4)c1c32. The maximum absolute atomic E-state index is 13.6. The number of anilines is 4. The molecular weight excluding hydrogens is 1520 g/mol. The molecule has 0 spiro atoms. The molecular formula is C82H96N20O16. The summed E-state index contributed by atoms with van der Waals surface area (Å²) in [7, 11) is 0. The van der Waals surface area contributed by atoms with Gasteiger partial charge in [0, 0.05) is 193 Å². The van der Waals surface area contributed by atoms with Crippen LogP contribution in [0.5, 0.6) is 17.2 Å². The zero-order valence-electron chi connectivity index (χ0n) is 66.3. The highest BCUT2D eigenvalue weighted by Gasteiger charge is 2.38. The summed E-state index contributed by atoms with van der Waals surface area (Å²) in [6, 6.07) is 13.3. The molecule has 0 radical (unpaired) electrons. The molecule has 13 heterocycles. The smallest absolute Gasteiger partial charge is 0.341 e. The zero-order valence-corrected chi connectivity index (χ0v) is 66.3. The Morgan fingerprint density at radius 2 is 0.568 bits per heavy atom. The summed E-state index contributed by atoms with van der Waals surface area (Å²) in [4.78, 5) is 135. The van der Waals surface area contributed by atoms with E-state index >= 15 is 0 Å². The monoisotopic (exact) mass is 1620 g/mol. The second kappa shape index (κ2) is 30.9. The van der Waals surface area contributed by atoms with Crippen LogP contribution in [0.1, 0.15) is 112 Å². The van der Waals surface area contributed by atoms with E-state index in [0.717, 1.165) is 28.3 Å².